The summed E-state index contributed by atoms with van der Waals surface area (Å²) < 4.78 is 16.2. The van der Waals surface area contributed by atoms with E-state index in [2.05, 4.69) is 17.3 Å². The van der Waals surface area contributed by atoms with Gasteiger partial charge in [0.1, 0.15) is 5.82 Å². The fraction of sp³-hybridized carbons (Fsp3) is 0.438. The van der Waals surface area contributed by atoms with Crippen LogP contribution in [0.2, 0.25) is 0 Å². The molecule has 0 saturated heterocycles. The first-order chi connectivity index (χ1) is 9.67. The Kier molecular flexibility index (Phi) is 4.90. The second-order valence-corrected chi connectivity index (χ2v) is 4.96. The maximum atomic E-state index is 14.3. The van der Waals surface area contributed by atoms with Crippen LogP contribution < -0.4 is 5.32 Å². The van der Waals surface area contributed by atoms with Crippen molar-refractivity contribution in [3.8, 4) is 11.1 Å². The molecule has 1 heterocycles. The Hall–Kier alpha value is -1.68. The van der Waals surface area contributed by atoms with Crippen molar-refractivity contribution in [3.05, 3.63) is 41.5 Å². The van der Waals surface area contributed by atoms with Gasteiger partial charge in [0.05, 0.1) is 6.20 Å². The molecule has 0 spiro atoms. The second-order valence-electron chi connectivity index (χ2n) is 4.96. The zero-order chi connectivity index (χ0) is 14.5. The van der Waals surface area contributed by atoms with Crippen LogP contribution in [0.15, 0.2) is 24.4 Å². The van der Waals surface area contributed by atoms with E-state index in [9.17, 15) is 4.39 Å². The number of hydrogen-bond acceptors (Lipinski definition) is 2. The first-order valence-corrected chi connectivity index (χ1v) is 7.19. The standard InChI is InChI=1S/C16H22FN3/c1-4-8-20-12(3)15(11-19-20)14-7-6-13(9-16(14)17)10-18-5-2/h6-7,9,11,18H,4-5,8,10H2,1-3H3. The molecule has 4 heteroatoms. The van der Waals surface area contributed by atoms with Crippen LogP contribution in [0, 0.1) is 12.7 Å². The topological polar surface area (TPSA) is 29.9 Å². The lowest BCUT2D eigenvalue weighted by Gasteiger charge is -2.07. The van der Waals surface area contributed by atoms with Crippen molar-refractivity contribution in [2.75, 3.05) is 6.54 Å². The molecule has 1 aromatic carbocycles. The van der Waals surface area contributed by atoms with Gasteiger partial charge in [-0.2, -0.15) is 5.10 Å². The van der Waals surface area contributed by atoms with Crippen LogP contribution in [0.5, 0.6) is 0 Å². The number of nitrogens with zero attached hydrogens (tertiary/aromatic N) is 2. The SMILES string of the molecule is CCCn1ncc(-c2ccc(CNCC)cc2F)c1C. The second kappa shape index (κ2) is 6.66. The molecule has 0 radical (unpaired) electrons. The molecule has 0 atom stereocenters. The molecule has 0 fully saturated rings. The first kappa shape index (κ1) is 14.7. The van der Waals surface area contributed by atoms with Gasteiger partial charge in [0.15, 0.2) is 0 Å². The Bertz CT molecular complexity index is 575. The van der Waals surface area contributed by atoms with Crippen LogP contribution in [-0.2, 0) is 13.1 Å². The van der Waals surface area contributed by atoms with Crippen LogP contribution in [-0.4, -0.2) is 16.3 Å². The largest absolute Gasteiger partial charge is 0.313 e. The number of aryl methyl sites for hydroxylation is 1. The predicted molar refractivity (Wildman–Crippen MR) is 80.0 cm³/mol. The van der Waals surface area contributed by atoms with Gasteiger partial charge in [0.25, 0.3) is 0 Å². The van der Waals surface area contributed by atoms with E-state index in [1.54, 1.807) is 12.3 Å². The van der Waals surface area contributed by atoms with Gasteiger partial charge in [-0.15, -0.1) is 0 Å². The molecule has 2 aromatic rings. The number of hydrogen-bond donors (Lipinski definition) is 1. The van der Waals surface area contributed by atoms with Gasteiger partial charge >= 0.3 is 0 Å². The summed E-state index contributed by atoms with van der Waals surface area (Å²) in [6.45, 7) is 8.58. The molecule has 108 valence electrons. The fourth-order valence-electron chi connectivity index (χ4n) is 2.30. The third-order valence-corrected chi connectivity index (χ3v) is 3.44. The number of benzene rings is 1. The summed E-state index contributed by atoms with van der Waals surface area (Å²) in [6, 6.07) is 5.43. The minimum absolute atomic E-state index is 0.181. The van der Waals surface area contributed by atoms with E-state index in [0.29, 0.717) is 12.1 Å². The molecular weight excluding hydrogens is 253 g/mol. The lowest BCUT2D eigenvalue weighted by Crippen LogP contribution is -2.11. The molecule has 0 bridgehead atoms. The number of halogens is 1. The molecule has 20 heavy (non-hydrogen) atoms. The Labute approximate surface area is 119 Å². The van der Waals surface area contributed by atoms with Crippen LogP contribution >= 0.6 is 0 Å². The van der Waals surface area contributed by atoms with Gasteiger partial charge in [-0.3, -0.25) is 4.68 Å². The maximum absolute atomic E-state index is 14.3. The molecule has 0 aliphatic heterocycles. The van der Waals surface area contributed by atoms with Crippen LogP contribution in [0.1, 0.15) is 31.5 Å². The van der Waals surface area contributed by atoms with Gasteiger partial charge in [-0.05, 0) is 31.5 Å². The van der Waals surface area contributed by atoms with E-state index in [1.807, 2.05) is 30.7 Å². The summed E-state index contributed by atoms with van der Waals surface area (Å²) in [6.07, 6.45) is 2.78. The lowest BCUT2D eigenvalue weighted by atomic mass is 10.0. The highest BCUT2D eigenvalue weighted by atomic mass is 19.1. The Balaban J connectivity index is 2.29. The smallest absolute Gasteiger partial charge is 0.131 e. The average molecular weight is 275 g/mol. The summed E-state index contributed by atoms with van der Waals surface area (Å²) in [5, 5.41) is 7.53. The Morgan fingerprint density at radius 1 is 1.25 bits per heavy atom. The number of aromatic nitrogens is 2. The molecule has 1 aromatic heterocycles. The molecular formula is C16H22FN3. The Morgan fingerprint density at radius 2 is 2.05 bits per heavy atom. The summed E-state index contributed by atoms with van der Waals surface area (Å²) in [4.78, 5) is 0. The van der Waals surface area contributed by atoms with Crippen LogP contribution in [0.25, 0.3) is 11.1 Å². The molecule has 0 amide bonds. The molecule has 2 rings (SSSR count). The number of nitrogens with one attached hydrogen (secondary N) is 1. The predicted octanol–water partition coefficient (Wildman–Crippen LogP) is 3.52. The van der Waals surface area contributed by atoms with Crippen molar-refractivity contribution < 1.29 is 4.39 Å². The molecule has 0 aliphatic carbocycles. The van der Waals surface area contributed by atoms with Crippen molar-refractivity contribution in [2.45, 2.75) is 40.3 Å². The first-order valence-electron chi connectivity index (χ1n) is 7.19. The summed E-state index contributed by atoms with van der Waals surface area (Å²) in [7, 11) is 0. The normalized spacial score (nSPS) is 11.0. The van der Waals surface area contributed by atoms with Gasteiger partial charge in [-0.25, -0.2) is 4.39 Å². The van der Waals surface area contributed by atoms with Gasteiger partial charge in [0, 0.05) is 29.9 Å². The molecule has 0 saturated carbocycles. The zero-order valence-corrected chi connectivity index (χ0v) is 12.4. The zero-order valence-electron chi connectivity index (χ0n) is 12.4. The maximum Gasteiger partial charge on any atom is 0.131 e. The molecule has 0 aliphatic rings. The van der Waals surface area contributed by atoms with Gasteiger partial charge in [-0.1, -0.05) is 26.0 Å². The van der Waals surface area contributed by atoms with Crippen molar-refractivity contribution >= 4 is 0 Å². The highest BCUT2D eigenvalue weighted by Gasteiger charge is 2.12. The van der Waals surface area contributed by atoms with E-state index >= 15 is 0 Å². The minimum Gasteiger partial charge on any atom is -0.313 e. The minimum atomic E-state index is -0.181. The van der Waals surface area contributed by atoms with Crippen molar-refractivity contribution in [1.29, 1.82) is 0 Å². The average Bonchev–Trinajstić information content (AvgIpc) is 2.79. The molecule has 3 nitrogen and oxygen atoms in total. The summed E-state index contributed by atoms with van der Waals surface area (Å²) in [5.41, 5.74) is 3.49. The van der Waals surface area contributed by atoms with Crippen molar-refractivity contribution in [1.82, 2.24) is 15.1 Å². The van der Waals surface area contributed by atoms with E-state index < -0.39 is 0 Å². The summed E-state index contributed by atoms with van der Waals surface area (Å²) >= 11 is 0. The molecule has 1 N–H and O–H groups in total. The monoisotopic (exact) mass is 275 g/mol. The van der Waals surface area contributed by atoms with Gasteiger partial charge in [0.2, 0.25) is 0 Å². The van der Waals surface area contributed by atoms with E-state index in [4.69, 9.17) is 0 Å². The van der Waals surface area contributed by atoms with E-state index in [-0.39, 0.29) is 5.82 Å². The summed E-state index contributed by atoms with van der Waals surface area (Å²) in [5.74, 6) is -0.181. The highest BCUT2D eigenvalue weighted by molar-refractivity contribution is 5.66. The molecule has 0 unspecified atom stereocenters. The van der Waals surface area contributed by atoms with Gasteiger partial charge < -0.3 is 5.32 Å². The fourth-order valence-corrected chi connectivity index (χ4v) is 2.30. The Morgan fingerprint density at radius 3 is 2.70 bits per heavy atom. The van der Waals surface area contributed by atoms with Crippen molar-refractivity contribution in [3.63, 3.8) is 0 Å². The quantitative estimate of drug-likeness (QED) is 0.874. The number of rotatable bonds is 6. The third kappa shape index (κ3) is 3.07. The van der Waals surface area contributed by atoms with Crippen molar-refractivity contribution in [2.24, 2.45) is 0 Å². The van der Waals surface area contributed by atoms with E-state index in [1.165, 1.54) is 0 Å². The van der Waals surface area contributed by atoms with E-state index in [0.717, 1.165) is 36.3 Å². The lowest BCUT2D eigenvalue weighted by molar-refractivity contribution is 0.587. The van der Waals surface area contributed by atoms with Crippen LogP contribution in [0.3, 0.4) is 0 Å². The highest BCUT2D eigenvalue weighted by Crippen LogP contribution is 2.26. The third-order valence-electron chi connectivity index (χ3n) is 3.44. The van der Waals surface area contributed by atoms with Crippen LogP contribution in [0.4, 0.5) is 4.39 Å².